The number of nitriles is 1. The van der Waals surface area contributed by atoms with Gasteiger partial charge < -0.3 is 10.1 Å². The molecule has 9 heteroatoms. The largest absolute Gasteiger partial charge is 0.452 e. The van der Waals surface area contributed by atoms with Crippen LogP contribution in [0.3, 0.4) is 0 Å². The molecule has 0 aliphatic heterocycles. The Hall–Kier alpha value is -3.19. The number of thiazole rings is 1. The molecule has 4 aromatic rings. The molecule has 2 aromatic heterocycles. The van der Waals surface area contributed by atoms with Crippen molar-refractivity contribution in [3.8, 4) is 6.07 Å². The third kappa shape index (κ3) is 4.85. The van der Waals surface area contributed by atoms with Gasteiger partial charge in [-0.1, -0.05) is 36.0 Å². The topological polar surface area (TPSA) is 92.1 Å². The van der Waals surface area contributed by atoms with Gasteiger partial charge in [-0.25, -0.2) is 9.78 Å². The second-order valence-electron chi connectivity index (χ2n) is 7.73. The Morgan fingerprint density at radius 1 is 1.12 bits per heavy atom. The molecular weight excluding hydrogens is 486 g/mol. The monoisotopic (exact) mass is 505 g/mol. The number of aromatic nitrogens is 1. The number of anilines is 1. The van der Waals surface area contributed by atoms with Crippen molar-refractivity contribution in [1.82, 2.24) is 4.98 Å². The fourth-order valence-corrected chi connectivity index (χ4v) is 7.06. The van der Waals surface area contributed by atoms with Gasteiger partial charge in [0.05, 0.1) is 21.3 Å². The van der Waals surface area contributed by atoms with Gasteiger partial charge in [-0.3, -0.25) is 4.79 Å². The lowest BCUT2D eigenvalue weighted by Crippen LogP contribution is -2.20. The van der Waals surface area contributed by atoms with Gasteiger partial charge in [0.15, 0.2) is 10.9 Å². The number of carbonyl (C=O) groups excluding carboxylic acids is 2. The van der Waals surface area contributed by atoms with Gasteiger partial charge in [-0.05, 0) is 54.7 Å². The third-order valence-corrected chi connectivity index (χ3v) is 8.90. The van der Waals surface area contributed by atoms with Gasteiger partial charge in [0.2, 0.25) is 0 Å². The number of benzene rings is 2. The fraction of sp³-hybridized carbons (Fsp3) is 0.200. The molecule has 1 aliphatic carbocycles. The van der Waals surface area contributed by atoms with Crippen LogP contribution in [0, 0.1) is 11.3 Å². The Balaban J connectivity index is 1.12. The van der Waals surface area contributed by atoms with Gasteiger partial charge in [0.25, 0.3) is 5.91 Å². The third-order valence-electron chi connectivity index (χ3n) is 5.45. The molecule has 2 heterocycles. The zero-order valence-corrected chi connectivity index (χ0v) is 20.4. The van der Waals surface area contributed by atoms with Crippen LogP contribution in [0.2, 0.25) is 0 Å². The minimum Gasteiger partial charge on any atom is -0.452 e. The number of nitrogens with one attached hydrogen (secondary N) is 1. The van der Waals surface area contributed by atoms with Gasteiger partial charge >= 0.3 is 5.97 Å². The molecule has 5 rings (SSSR count). The van der Waals surface area contributed by atoms with Gasteiger partial charge in [0.1, 0.15) is 11.1 Å². The first kappa shape index (κ1) is 22.6. The van der Waals surface area contributed by atoms with Crippen molar-refractivity contribution < 1.29 is 14.3 Å². The molecule has 0 saturated heterocycles. The van der Waals surface area contributed by atoms with Crippen LogP contribution < -0.4 is 5.32 Å². The van der Waals surface area contributed by atoms with Gasteiger partial charge in [-0.2, -0.15) is 5.26 Å². The van der Waals surface area contributed by atoms with Crippen molar-refractivity contribution in [2.75, 3.05) is 11.9 Å². The minimum atomic E-state index is -0.560. The zero-order chi connectivity index (χ0) is 23.5. The van der Waals surface area contributed by atoms with E-state index in [0.717, 1.165) is 50.9 Å². The molecule has 0 unspecified atom stereocenters. The predicted molar refractivity (Wildman–Crippen MR) is 136 cm³/mol. The number of fused-ring (bicyclic) bond motifs is 2. The van der Waals surface area contributed by atoms with E-state index in [1.807, 2.05) is 30.3 Å². The van der Waals surface area contributed by atoms with E-state index < -0.39 is 18.5 Å². The van der Waals surface area contributed by atoms with E-state index >= 15 is 0 Å². The number of ether oxygens (including phenoxy) is 1. The number of para-hydroxylation sites is 1. The van der Waals surface area contributed by atoms with E-state index in [4.69, 9.17) is 4.74 Å². The van der Waals surface area contributed by atoms with Gasteiger partial charge in [-0.15, -0.1) is 22.7 Å². The van der Waals surface area contributed by atoms with Crippen LogP contribution in [-0.2, 0) is 28.1 Å². The van der Waals surface area contributed by atoms with Crippen molar-refractivity contribution in [3.63, 3.8) is 0 Å². The average Bonchev–Trinajstić information content (AvgIpc) is 3.55. The molecule has 0 bridgehead atoms. The first-order chi connectivity index (χ1) is 16.6. The Morgan fingerprint density at radius 2 is 1.94 bits per heavy atom. The van der Waals surface area contributed by atoms with E-state index in [0.29, 0.717) is 16.1 Å². The maximum absolute atomic E-state index is 12.4. The van der Waals surface area contributed by atoms with Crippen LogP contribution in [-0.4, -0.2) is 23.5 Å². The maximum Gasteiger partial charge on any atom is 0.338 e. The number of thiophene rings is 1. The first-order valence-corrected chi connectivity index (χ1v) is 13.3. The van der Waals surface area contributed by atoms with Crippen molar-refractivity contribution in [2.24, 2.45) is 0 Å². The summed E-state index contributed by atoms with van der Waals surface area (Å²) >= 11 is 4.76. The molecule has 2 aromatic carbocycles. The highest BCUT2D eigenvalue weighted by atomic mass is 32.2. The standard InChI is InChI=1S/C25H19N3O3S3/c26-12-18-17-4-3-7-20(17)33-23(18)28-22(29)13-31-24(30)16-10-8-15(9-11-16)14-32-25-27-19-5-1-2-6-21(19)34-25/h1-2,5-6,8-11H,3-4,7,13-14H2,(H,28,29). The number of aryl methyl sites for hydroxylation is 1. The lowest BCUT2D eigenvalue weighted by molar-refractivity contribution is -0.119. The highest BCUT2D eigenvalue weighted by Gasteiger charge is 2.23. The van der Waals surface area contributed by atoms with Crippen LogP contribution in [0.1, 0.15) is 38.3 Å². The van der Waals surface area contributed by atoms with Crippen molar-refractivity contribution >= 4 is 61.5 Å². The number of carbonyl (C=O) groups is 2. The molecule has 0 spiro atoms. The Kier molecular flexibility index (Phi) is 6.63. The number of amides is 1. The predicted octanol–water partition coefficient (Wildman–Crippen LogP) is 5.81. The molecule has 1 N–H and O–H groups in total. The highest BCUT2D eigenvalue weighted by Crippen LogP contribution is 2.38. The van der Waals surface area contributed by atoms with Crippen LogP contribution in [0.5, 0.6) is 0 Å². The summed E-state index contributed by atoms with van der Waals surface area (Å²) in [6, 6.07) is 17.4. The smallest absolute Gasteiger partial charge is 0.338 e. The second-order valence-corrected chi connectivity index (χ2v) is 11.1. The van der Waals surface area contributed by atoms with Crippen LogP contribution in [0.4, 0.5) is 5.00 Å². The van der Waals surface area contributed by atoms with E-state index in [9.17, 15) is 14.9 Å². The molecule has 1 amide bonds. The summed E-state index contributed by atoms with van der Waals surface area (Å²) in [5.41, 5.74) is 4.03. The SMILES string of the molecule is N#Cc1c(NC(=O)COC(=O)c2ccc(CSc3nc4ccccc4s3)cc2)sc2c1CCC2. The Morgan fingerprint density at radius 3 is 2.74 bits per heavy atom. The Bertz CT molecular complexity index is 1380. The molecular formula is C25H19N3O3S3. The number of hydrogen-bond donors (Lipinski definition) is 1. The van der Waals surface area contributed by atoms with Crippen molar-refractivity contribution in [1.29, 1.82) is 5.26 Å². The summed E-state index contributed by atoms with van der Waals surface area (Å²) in [7, 11) is 0. The number of nitrogens with zero attached hydrogens (tertiary/aromatic N) is 2. The maximum atomic E-state index is 12.4. The number of hydrogen-bond acceptors (Lipinski definition) is 8. The van der Waals surface area contributed by atoms with Crippen LogP contribution >= 0.6 is 34.4 Å². The lowest BCUT2D eigenvalue weighted by atomic mass is 10.1. The first-order valence-electron chi connectivity index (χ1n) is 10.7. The Labute approximate surface area is 208 Å². The summed E-state index contributed by atoms with van der Waals surface area (Å²) in [6.07, 6.45) is 2.85. The number of thioether (sulfide) groups is 1. The molecule has 170 valence electrons. The summed E-state index contributed by atoms with van der Waals surface area (Å²) in [6.45, 7) is -0.401. The molecule has 1 aliphatic rings. The quantitative estimate of drug-likeness (QED) is 0.252. The minimum absolute atomic E-state index is 0.384. The second kappa shape index (κ2) is 9.97. The average molecular weight is 506 g/mol. The van der Waals surface area contributed by atoms with Crippen LogP contribution in [0.25, 0.3) is 10.2 Å². The van der Waals surface area contributed by atoms with E-state index in [-0.39, 0.29) is 0 Å². The summed E-state index contributed by atoms with van der Waals surface area (Å²) in [5.74, 6) is -0.271. The summed E-state index contributed by atoms with van der Waals surface area (Å²) in [5, 5.41) is 12.7. The van der Waals surface area contributed by atoms with Crippen molar-refractivity contribution in [3.05, 3.63) is 75.7 Å². The lowest BCUT2D eigenvalue weighted by Gasteiger charge is -2.07. The molecule has 0 atom stereocenters. The van der Waals surface area contributed by atoms with Crippen LogP contribution in [0.15, 0.2) is 52.9 Å². The fourth-order valence-electron chi connectivity index (χ4n) is 3.78. The molecule has 0 saturated carbocycles. The summed E-state index contributed by atoms with van der Waals surface area (Å²) in [4.78, 5) is 30.4. The van der Waals surface area contributed by atoms with E-state index in [1.165, 1.54) is 16.0 Å². The molecule has 34 heavy (non-hydrogen) atoms. The molecule has 6 nitrogen and oxygen atoms in total. The normalized spacial score (nSPS) is 12.3. The van der Waals surface area contributed by atoms with Gasteiger partial charge in [0, 0.05) is 10.6 Å². The number of rotatable bonds is 7. The number of esters is 1. The highest BCUT2D eigenvalue weighted by molar-refractivity contribution is 8.00. The summed E-state index contributed by atoms with van der Waals surface area (Å²) < 4.78 is 7.34. The molecule has 0 radical (unpaired) electrons. The van der Waals surface area contributed by atoms with Crippen molar-refractivity contribution in [2.45, 2.75) is 29.4 Å². The zero-order valence-electron chi connectivity index (χ0n) is 18.0. The van der Waals surface area contributed by atoms with E-state index in [2.05, 4.69) is 22.4 Å². The van der Waals surface area contributed by atoms with E-state index in [1.54, 1.807) is 35.2 Å². The molecule has 0 fully saturated rings.